The van der Waals surface area contributed by atoms with Crippen LogP contribution in [0.5, 0.6) is 11.5 Å². The van der Waals surface area contributed by atoms with Crippen molar-refractivity contribution in [3.63, 3.8) is 0 Å². The van der Waals surface area contributed by atoms with Crippen LogP contribution in [0.4, 0.5) is 0 Å². The summed E-state index contributed by atoms with van der Waals surface area (Å²) in [5.74, 6) is 0.983. The number of nitrogens with zero attached hydrogens (tertiary/aromatic N) is 3. The Morgan fingerprint density at radius 1 is 1.15 bits per heavy atom. The zero-order valence-electron chi connectivity index (χ0n) is 14.2. The lowest BCUT2D eigenvalue weighted by Crippen LogP contribution is -2.25. The van der Waals surface area contributed by atoms with Crippen LogP contribution in [0.15, 0.2) is 42.6 Å². The number of rotatable bonds is 5. The van der Waals surface area contributed by atoms with Crippen molar-refractivity contribution in [3.8, 4) is 11.5 Å². The van der Waals surface area contributed by atoms with Crippen molar-refractivity contribution in [3.05, 3.63) is 69.7 Å². The highest BCUT2D eigenvalue weighted by Gasteiger charge is 2.18. The third-order valence-corrected chi connectivity index (χ3v) is 4.35. The van der Waals surface area contributed by atoms with E-state index in [4.69, 9.17) is 27.9 Å². The Balaban J connectivity index is 1.60. The molecule has 0 spiro atoms. The van der Waals surface area contributed by atoms with E-state index in [1.165, 1.54) is 4.68 Å². The first-order valence-corrected chi connectivity index (χ1v) is 8.55. The van der Waals surface area contributed by atoms with Crippen LogP contribution in [0.25, 0.3) is 0 Å². The predicted molar refractivity (Wildman–Crippen MR) is 99.9 cm³/mol. The fourth-order valence-corrected chi connectivity index (χ4v) is 2.74. The fraction of sp³-hybridized carbons (Fsp3) is 0.167. The van der Waals surface area contributed by atoms with Crippen LogP contribution in [0, 0.1) is 6.92 Å². The molecule has 0 saturated heterocycles. The molecule has 0 atom stereocenters. The number of hydrogen-bond donors (Lipinski definition) is 1. The highest BCUT2D eigenvalue weighted by Crippen LogP contribution is 2.22. The smallest absolute Gasteiger partial charge is 0.271 e. The van der Waals surface area contributed by atoms with Gasteiger partial charge in [-0.2, -0.15) is 5.10 Å². The summed E-state index contributed by atoms with van der Waals surface area (Å²) in [7, 11) is 1.69. The lowest BCUT2D eigenvalue weighted by atomic mass is 10.2. The first-order valence-electron chi connectivity index (χ1n) is 7.79. The van der Waals surface area contributed by atoms with Gasteiger partial charge in [0.1, 0.15) is 22.3 Å². The summed E-state index contributed by atoms with van der Waals surface area (Å²) in [6, 6.07) is 10.8. The van der Waals surface area contributed by atoms with Gasteiger partial charge in [-0.3, -0.25) is 9.48 Å². The van der Waals surface area contributed by atoms with E-state index in [0.717, 1.165) is 5.56 Å². The number of aromatic nitrogens is 3. The summed E-state index contributed by atoms with van der Waals surface area (Å²) in [6.07, 6.45) is 1.55. The van der Waals surface area contributed by atoms with Crippen molar-refractivity contribution in [2.75, 3.05) is 0 Å². The van der Waals surface area contributed by atoms with E-state index in [1.807, 2.05) is 24.3 Å². The van der Waals surface area contributed by atoms with Crippen LogP contribution >= 0.6 is 23.2 Å². The molecule has 1 N–H and O–H groups in total. The lowest BCUT2D eigenvalue weighted by Gasteiger charge is -2.08. The Bertz CT molecular complexity index is 922. The zero-order chi connectivity index (χ0) is 18.7. The molecule has 1 amide bonds. The molecule has 8 heteroatoms. The fourth-order valence-electron chi connectivity index (χ4n) is 2.38. The molecule has 2 aromatic heterocycles. The summed E-state index contributed by atoms with van der Waals surface area (Å²) in [4.78, 5) is 16.3. The molecule has 0 unspecified atom stereocenters. The molecule has 1 aromatic carbocycles. The van der Waals surface area contributed by atoms with Gasteiger partial charge in [0.05, 0.1) is 16.9 Å². The molecule has 0 radical (unpaired) electrons. The average Bonchev–Trinajstić information content (AvgIpc) is 2.88. The minimum Gasteiger partial charge on any atom is -0.456 e. The Morgan fingerprint density at radius 2 is 1.85 bits per heavy atom. The van der Waals surface area contributed by atoms with Gasteiger partial charge in [0.2, 0.25) is 0 Å². The molecule has 0 saturated carbocycles. The summed E-state index contributed by atoms with van der Waals surface area (Å²) in [5.41, 5.74) is 1.90. The van der Waals surface area contributed by atoms with E-state index >= 15 is 0 Å². The van der Waals surface area contributed by atoms with Gasteiger partial charge in [-0.05, 0) is 36.8 Å². The maximum atomic E-state index is 12.3. The molecule has 0 fully saturated rings. The number of halogens is 2. The van der Waals surface area contributed by atoms with Gasteiger partial charge in [-0.25, -0.2) is 4.98 Å². The highest BCUT2D eigenvalue weighted by molar-refractivity contribution is 6.34. The number of ether oxygens (including phenoxy) is 1. The number of amides is 1. The predicted octanol–water partition coefficient (Wildman–Crippen LogP) is 4.15. The monoisotopic (exact) mass is 390 g/mol. The van der Waals surface area contributed by atoms with Crippen molar-refractivity contribution in [2.45, 2.75) is 13.5 Å². The molecule has 0 bridgehead atoms. The number of carbonyl (C=O) groups is 1. The van der Waals surface area contributed by atoms with E-state index in [2.05, 4.69) is 15.4 Å². The standard InChI is InChI=1S/C18H16Cl2N4O2/c1-11-16(20)17(24(2)23-11)18(25)22-9-12-3-5-13(6-4-12)26-14-7-8-15(19)21-10-14/h3-8,10H,9H2,1-2H3,(H,22,25). The van der Waals surface area contributed by atoms with Crippen LogP contribution in [-0.4, -0.2) is 20.7 Å². The highest BCUT2D eigenvalue weighted by atomic mass is 35.5. The molecule has 0 aliphatic carbocycles. The summed E-state index contributed by atoms with van der Waals surface area (Å²) < 4.78 is 7.16. The number of carbonyl (C=O) groups excluding carboxylic acids is 1. The van der Waals surface area contributed by atoms with Crippen molar-refractivity contribution >= 4 is 29.1 Å². The molecule has 0 aliphatic rings. The van der Waals surface area contributed by atoms with Crippen molar-refractivity contribution in [1.82, 2.24) is 20.1 Å². The maximum Gasteiger partial charge on any atom is 0.271 e. The number of hydrogen-bond acceptors (Lipinski definition) is 4. The first-order chi connectivity index (χ1) is 12.4. The second kappa shape index (κ2) is 7.76. The number of pyridine rings is 1. The molecule has 3 rings (SSSR count). The second-order valence-electron chi connectivity index (χ2n) is 5.62. The molecule has 134 valence electrons. The number of nitrogens with one attached hydrogen (secondary N) is 1. The third kappa shape index (κ3) is 4.15. The molecule has 0 aliphatic heterocycles. The van der Waals surface area contributed by atoms with E-state index in [1.54, 1.807) is 32.3 Å². The first kappa shape index (κ1) is 18.2. The average molecular weight is 391 g/mol. The quantitative estimate of drug-likeness (QED) is 0.664. The topological polar surface area (TPSA) is 69.0 Å². The van der Waals surface area contributed by atoms with Gasteiger partial charge in [0, 0.05) is 13.6 Å². The zero-order valence-corrected chi connectivity index (χ0v) is 15.7. The third-order valence-electron chi connectivity index (χ3n) is 3.68. The Hall–Kier alpha value is -2.57. The minimum atomic E-state index is -0.273. The molecule has 3 aromatic rings. The summed E-state index contributed by atoms with van der Waals surface area (Å²) in [6.45, 7) is 2.12. The SMILES string of the molecule is Cc1nn(C)c(C(=O)NCc2ccc(Oc3ccc(Cl)nc3)cc2)c1Cl. The Morgan fingerprint density at radius 3 is 2.42 bits per heavy atom. The molecule has 2 heterocycles. The molecule has 6 nitrogen and oxygen atoms in total. The van der Waals surface area contributed by atoms with Gasteiger partial charge in [-0.1, -0.05) is 35.3 Å². The van der Waals surface area contributed by atoms with Crippen molar-refractivity contribution in [1.29, 1.82) is 0 Å². The number of benzene rings is 1. The molecular formula is C18H16Cl2N4O2. The van der Waals surface area contributed by atoms with E-state index in [0.29, 0.717) is 39.6 Å². The molecular weight excluding hydrogens is 375 g/mol. The minimum absolute atomic E-state index is 0.273. The number of aryl methyl sites for hydroxylation is 2. The van der Waals surface area contributed by atoms with Crippen LogP contribution in [0.2, 0.25) is 10.2 Å². The Kier molecular flexibility index (Phi) is 5.44. The van der Waals surface area contributed by atoms with Gasteiger partial charge >= 0.3 is 0 Å². The van der Waals surface area contributed by atoms with Crippen molar-refractivity contribution < 1.29 is 9.53 Å². The molecule has 26 heavy (non-hydrogen) atoms. The Labute approximate surface area is 160 Å². The van der Waals surface area contributed by atoms with Crippen LogP contribution < -0.4 is 10.1 Å². The van der Waals surface area contributed by atoms with E-state index in [9.17, 15) is 4.79 Å². The van der Waals surface area contributed by atoms with Crippen LogP contribution in [-0.2, 0) is 13.6 Å². The normalized spacial score (nSPS) is 10.6. The summed E-state index contributed by atoms with van der Waals surface area (Å²) in [5, 5.41) is 7.75. The lowest BCUT2D eigenvalue weighted by molar-refractivity contribution is 0.0941. The largest absolute Gasteiger partial charge is 0.456 e. The maximum absolute atomic E-state index is 12.3. The van der Waals surface area contributed by atoms with E-state index in [-0.39, 0.29) is 5.91 Å². The van der Waals surface area contributed by atoms with Gasteiger partial charge < -0.3 is 10.1 Å². The van der Waals surface area contributed by atoms with E-state index < -0.39 is 0 Å². The van der Waals surface area contributed by atoms with Crippen LogP contribution in [0.1, 0.15) is 21.7 Å². The second-order valence-corrected chi connectivity index (χ2v) is 6.38. The van der Waals surface area contributed by atoms with Crippen LogP contribution in [0.3, 0.4) is 0 Å². The summed E-state index contributed by atoms with van der Waals surface area (Å²) >= 11 is 11.9. The van der Waals surface area contributed by atoms with Gasteiger partial charge in [-0.15, -0.1) is 0 Å². The van der Waals surface area contributed by atoms with Crippen molar-refractivity contribution in [2.24, 2.45) is 7.05 Å². The van der Waals surface area contributed by atoms with Gasteiger partial charge in [0.15, 0.2) is 0 Å². The van der Waals surface area contributed by atoms with Gasteiger partial charge in [0.25, 0.3) is 5.91 Å².